The Kier molecular flexibility index (Phi) is 6.09. The van der Waals surface area contributed by atoms with Crippen LogP contribution in [0.4, 0.5) is 17.6 Å². The Balaban J connectivity index is 2.35. The largest absolute Gasteiger partial charge is 0.395 e. The van der Waals surface area contributed by atoms with Gasteiger partial charge in [0, 0.05) is 18.8 Å². The van der Waals surface area contributed by atoms with Gasteiger partial charge in [0.1, 0.15) is 5.82 Å². The van der Waals surface area contributed by atoms with Gasteiger partial charge in [0.05, 0.1) is 6.61 Å². The van der Waals surface area contributed by atoms with Crippen molar-refractivity contribution in [1.29, 1.82) is 0 Å². The van der Waals surface area contributed by atoms with E-state index in [9.17, 15) is 5.11 Å². The van der Waals surface area contributed by atoms with Crippen molar-refractivity contribution in [3.63, 3.8) is 0 Å². The molecule has 0 saturated heterocycles. The highest BCUT2D eigenvalue weighted by atomic mass is 16.3. The fourth-order valence-corrected chi connectivity index (χ4v) is 2.86. The summed E-state index contributed by atoms with van der Waals surface area (Å²) in [6.07, 6.45) is 0.962. The van der Waals surface area contributed by atoms with E-state index in [1.807, 2.05) is 11.8 Å². The van der Waals surface area contributed by atoms with Crippen molar-refractivity contribution in [3.8, 4) is 0 Å². The molecular weight excluding hydrogens is 302 g/mol. The number of hydrogen-bond donors (Lipinski definition) is 2. The summed E-state index contributed by atoms with van der Waals surface area (Å²) in [6, 6.07) is 4.28. The van der Waals surface area contributed by atoms with Crippen LogP contribution >= 0.6 is 0 Å². The molecule has 0 fully saturated rings. The second-order valence-electron chi connectivity index (χ2n) is 6.12. The summed E-state index contributed by atoms with van der Waals surface area (Å²) < 4.78 is 0. The molecule has 1 heterocycles. The molecule has 6 nitrogen and oxygen atoms in total. The van der Waals surface area contributed by atoms with Gasteiger partial charge >= 0.3 is 0 Å². The van der Waals surface area contributed by atoms with Gasteiger partial charge in [-0.1, -0.05) is 24.6 Å². The predicted octanol–water partition coefficient (Wildman–Crippen LogP) is 3.06. The van der Waals surface area contributed by atoms with E-state index < -0.39 is 0 Å². The van der Waals surface area contributed by atoms with Gasteiger partial charge in [0.25, 0.3) is 0 Å². The number of rotatable bonds is 7. The lowest BCUT2D eigenvalue weighted by Gasteiger charge is -2.22. The van der Waals surface area contributed by atoms with E-state index in [1.54, 1.807) is 0 Å². The minimum Gasteiger partial charge on any atom is -0.395 e. The van der Waals surface area contributed by atoms with E-state index in [-0.39, 0.29) is 6.61 Å². The van der Waals surface area contributed by atoms with E-state index >= 15 is 0 Å². The molecule has 1 aromatic carbocycles. The third-order valence-electron chi connectivity index (χ3n) is 3.80. The molecule has 0 aliphatic carbocycles. The fourth-order valence-electron chi connectivity index (χ4n) is 2.86. The van der Waals surface area contributed by atoms with Gasteiger partial charge in [-0.25, -0.2) is 0 Å². The van der Waals surface area contributed by atoms with Crippen LogP contribution in [0, 0.1) is 27.7 Å². The second-order valence-corrected chi connectivity index (χ2v) is 6.12. The number of nitrogens with one attached hydrogen (secondary N) is 1. The number of aromatic nitrogens is 3. The maximum atomic E-state index is 9.27. The van der Waals surface area contributed by atoms with Crippen molar-refractivity contribution >= 4 is 17.6 Å². The lowest BCUT2D eigenvalue weighted by Crippen LogP contribution is -2.29. The molecule has 0 radical (unpaired) electrons. The molecular formula is C18H27N5O. The van der Waals surface area contributed by atoms with Crippen molar-refractivity contribution in [1.82, 2.24) is 15.0 Å². The Morgan fingerprint density at radius 1 is 1.00 bits per heavy atom. The second kappa shape index (κ2) is 8.06. The molecule has 0 spiro atoms. The monoisotopic (exact) mass is 329 g/mol. The van der Waals surface area contributed by atoms with Gasteiger partial charge in [0.15, 0.2) is 0 Å². The summed E-state index contributed by atoms with van der Waals surface area (Å²) in [5, 5.41) is 12.6. The first-order valence-electron chi connectivity index (χ1n) is 8.38. The number of hydrogen-bond acceptors (Lipinski definition) is 6. The molecule has 0 amide bonds. The zero-order valence-corrected chi connectivity index (χ0v) is 15.2. The summed E-state index contributed by atoms with van der Waals surface area (Å²) in [5.41, 5.74) is 4.59. The van der Waals surface area contributed by atoms with E-state index in [4.69, 9.17) is 0 Å². The van der Waals surface area contributed by atoms with E-state index in [1.165, 1.54) is 5.56 Å². The third-order valence-corrected chi connectivity index (χ3v) is 3.80. The predicted molar refractivity (Wildman–Crippen MR) is 98.1 cm³/mol. The number of nitrogens with zero attached hydrogens (tertiary/aromatic N) is 4. The smallest absolute Gasteiger partial charge is 0.232 e. The standard InChI is InChI=1S/C18H27N5O/c1-6-7-23(8-9-24)18-20-15(5)19-17(22-18)21-16-13(3)10-12(2)11-14(16)4/h10-11,24H,6-9H2,1-5H3,(H,19,20,21,22). The molecule has 1 aromatic heterocycles. The molecule has 0 bridgehead atoms. The van der Waals surface area contributed by atoms with Gasteiger partial charge in [-0.2, -0.15) is 15.0 Å². The van der Waals surface area contributed by atoms with Crippen molar-refractivity contribution in [3.05, 3.63) is 34.6 Å². The van der Waals surface area contributed by atoms with Crippen LogP contribution in [0.15, 0.2) is 12.1 Å². The topological polar surface area (TPSA) is 74.2 Å². The zero-order chi connectivity index (χ0) is 17.7. The van der Waals surface area contributed by atoms with Crippen LogP contribution in [0.25, 0.3) is 0 Å². The number of anilines is 3. The molecule has 6 heteroatoms. The number of aliphatic hydroxyl groups excluding tert-OH is 1. The van der Waals surface area contributed by atoms with E-state index in [0.717, 1.165) is 29.8 Å². The van der Waals surface area contributed by atoms with Crippen LogP contribution in [0.5, 0.6) is 0 Å². The maximum Gasteiger partial charge on any atom is 0.232 e. The number of aliphatic hydroxyl groups is 1. The van der Waals surface area contributed by atoms with Crippen LogP contribution in [0.3, 0.4) is 0 Å². The first-order valence-corrected chi connectivity index (χ1v) is 8.38. The molecule has 0 atom stereocenters. The lowest BCUT2D eigenvalue weighted by atomic mass is 10.1. The van der Waals surface area contributed by atoms with Gasteiger partial charge in [-0.3, -0.25) is 0 Å². The van der Waals surface area contributed by atoms with Crippen LogP contribution in [0.1, 0.15) is 35.9 Å². The molecule has 0 unspecified atom stereocenters. The van der Waals surface area contributed by atoms with Crippen LogP contribution in [-0.2, 0) is 0 Å². The van der Waals surface area contributed by atoms with E-state index in [2.05, 4.69) is 60.1 Å². The highest BCUT2D eigenvalue weighted by Gasteiger charge is 2.13. The molecule has 0 aliphatic rings. The molecule has 0 aliphatic heterocycles. The Morgan fingerprint density at radius 3 is 2.25 bits per heavy atom. The molecule has 130 valence electrons. The average molecular weight is 329 g/mol. The summed E-state index contributed by atoms with van der Waals surface area (Å²) in [7, 11) is 0. The van der Waals surface area contributed by atoms with E-state index in [0.29, 0.717) is 24.3 Å². The van der Waals surface area contributed by atoms with Crippen LogP contribution in [-0.4, -0.2) is 39.8 Å². The summed E-state index contributed by atoms with van der Waals surface area (Å²) >= 11 is 0. The van der Waals surface area contributed by atoms with Crippen molar-refractivity contribution in [2.45, 2.75) is 41.0 Å². The maximum absolute atomic E-state index is 9.27. The first kappa shape index (κ1) is 18.1. The minimum atomic E-state index is 0.0731. The van der Waals surface area contributed by atoms with Gasteiger partial charge in [-0.15, -0.1) is 0 Å². The minimum absolute atomic E-state index is 0.0731. The highest BCUT2D eigenvalue weighted by molar-refractivity contribution is 5.64. The lowest BCUT2D eigenvalue weighted by molar-refractivity contribution is 0.301. The fraction of sp³-hybridized carbons (Fsp3) is 0.500. The van der Waals surface area contributed by atoms with Gasteiger partial charge in [-0.05, 0) is 45.2 Å². The van der Waals surface area contributed by atoms with Crippen molar-refractivity contribution in [2.24, 2.45) is 0 Å². The third kappa shape index (κ3) is 4.41. The normalized spacial score (nSPS) is 10.8. The average Bonchev–Trinajstić information content (AvgIpc) is 2.50. The highest BCUT2D eigenvalue weighted by Crippen LogP contribution is 2.25. The van der Waals surface area contributed by atoms with Crippen LogP contribution in [0.2, 0.25) is 0 Å². The summed E-state index contributed by atoms with van der Waals surface area (Å²) in [5.74, 6) is 1.79. The zero-order valence-electron chi connectivity index (χ0n) is 15.2. The molecule has 2 N–H and O–H groups in total. The molecule has 24 heavy (non-hydrogen) atoms. The molecule has 2 aromatic rings. The number of benzene rings is 1. The van der Waals surface area contributed by atoms with Crippen molar-refractivity contribution in [2.75, 3.05) is 29.9 Å². The summed E-state index contributed by atoms with van der Waals surface area (Å²) in [6.45, 7) is 11.6. The SMILES string of the molecule is CCCN(CCO)c1nc(C)nc(Nc2c(C)cc(C)cc2C)n1. The quantitative estimate of drug-likeness (QED) is 0.813. The Morgan fingerprint density at radius 2 is 1.67 bits per heavy atom. The summed E-state index contributed by atoms with van der Waals surface area (Å²) in [4.78, 5) is 15.4. The molecule has 0 saturated carbocycles. The Bertz CT molecular complexity index is 673. The van der Waals surface area contributed by atoms with Gasteiger partial charge < -0.3 is 15.3 Å². The Hall–Kier alpha value is -2.21. The first-order chi connectivity index (χ1) is 11.4. The van der Waals surface area contributed by atoms with Gasteiger partial charge in [0.2, 0.25) is 11.9 Å². The Labute approximate surface area is 144 Å². The van der Waals surface area contributed by atoms with Crippen molar-refractivity contribution < 1.29 is 5.11 Å². The number of aryl methyl sites for hydroxylation is 4. The van der Waals surface area contributed by atoms with Crippen LogP contribution < -0.4 is 10.2 Å². The molecule has 2 rings (SSSR count).